The molecule has 21 heavy (non-hydrogen) atoms. The van der Waals surface area contributed by atoms with E-state index in [1.54, 1.807) is 4.31 Å². The number of benzene rings is 1. The minimum absolute atomic E-state index is 0.228. The fourth-order valence-corrected chi connectivity index (χ4v) is 5.11. The summed E-state index contributed by atoms with van der Waals surface area (Å²) in [5.41, 5.74) is 1.34. The molecule has 2 heterocycles. The normalized spacial score (nSPS) is 22.7. The summed E-state index contributed by atoms with van der Waals surface area (Å²) in [6.07, 6.45) is 3.85. The number of hydrogen-bond acceptors (Lipinski definition) is 3. The van der Waals surface area contributed by atoms with Crippen molar-refractivity contribution < 1.29 is 8.42 Å². The van der Waals surface area contributed by atoms with E-state index in [1.165, 1.54) is 0 Å². The van der Waals surface area contributed by atoms with E-state index in [2.05, 4.69) is 5.32 Å². The smallest absolute Gasteiger partial charge is 0.214 e. The van der Waals surface area contributed by atoms with Crippen molar-refractivity contribution in [3.8, 4) is 0 Å². The second-order valence-corrected chi connectivity index (χ2v) is 8.47. The summed E-state index contributed by atoms with van der Waals surface area (Å²) in [6, 6.07) is 9.87. The Morgan fingerprint density at radius 2 is 1.81 bits per heavy atom. The summed E-state index contributed by atoms with van der Waals surface area (Å²) >= 11 is 0. The molecule has 0 radical (unpaired) electrons. The van der Waals surface area contributed by atoms with E-state index in [0.29, 0.717) is 13.0 Å². The quantitative estimate of drug-likeness (QED) is 0.920. The summed E-state index contributed by atoms with van der Waals surface area (Å²) in [7, 11) is -3.12. The lowest BCUT2D eigenvalue weighted by Crippen LogP contribution is -2.40. The van der Waals surface area contributed by atoms with Gasteiger partial charge in [-0.25, -0.2) is 12.7 Å². The van der Waals surface area contributed by atoms with Gasteiger partial charge in [0.05, 0.1) is 5.75 Å². The van der Waals surface area contributed by atoms with E-state index in [-0.39, 0.29) is 11.2 Å². The Hall–Kier alpha value is -0.910. The summed E-state index contributed by atoms with van der Waals surface area (Å²) < 4.78 is 26.8. The van der Waals surface area contributed by atoms with Crippen LogP contribution in [0, 0.1) is 5.41 Å². The molecule has 2 aliphatic heterocycles. The van der Waals surface area contributed by atoms with E-state index in [4.69, 9.17) is 0 Å². The van der Waals surface area contributed by atoms with E-state index in [9.17, 15) is 8.42 Å². The molecule has 2 fully saturated rings. The van der Waals surface area contributed by atoms with Crippen LogP contribution < -0.4 is 5.32 Å². The molecule has 3 rings (SSSR count). The predicted octanol–water partition coefficient (Wildman–Crippen LogP) is 1.63. The van der Waals surface area contributed by atoms with E-state index in [0.717, 1.165) is 44.5 Å². The summed E-state index contributed by atoms with van der Waals surface area (Å²) in [6.45, 7) is 3.48. The highest BCUT2D eigenvalue weighted by Gasteiger charge is 2.42. The van der Waals surface area contributed by atoms with Gasteiger partial charge in [0.2, 0.25) is 10.0 Å². The number of rotatable bonds is 4. The summed E-state index contributed by atoms with van der Waals surface area (Å²) in [5, 5.41) is 3.37. The number of sulfonamides is 1. The zero-order chi connectivity index (χ0) is 14.8. The molecule has 0 aromatic heterocycles. The molecule has 5 heteroatoms. The van der Waals surface area contributed by atoms with Crippen molar-refractivity contribution in [2.45, 2.75) is 25.7 Å². The van der Waals surface area contributed by atoms with Gasteiger partial charge in [-0.2, -0.15) is 0 Å². The topological polar surface area (TPSA) is 49.4 Å². The number of piperidine rings is 1. The third-order valence-electron chi connectivity index (χ3n) is 4.95. The molecule has 1 aromatic rings. The minimum Gasteiger partial charge on any atom is -0.317 e. The van der Waals surface area contributed by atoms with Crippen LogP contribution in [0.1, 0.15) is 24.8 Å². The lowest BCUT2D eigenvalue weighted by Gasteiger charge is -2.33. The van der Waals surface area contributed by atoms with Crippen LogP contribution in [0.3, 0.4) is 0 Å². The van der Waals surface area contributed by atoms with E-state index in [1.807, 2.05) is 30.3 Å². The molecule has 1 aromatic carbocycles. The highest BCUT2D eigenvalue weighted by Crippen LogP contribution is 2.39. The van der Waals surface area contributed by atoms with Gasteiger partial charge in [-0.05, 0) is 49.8 Å². The van der Waals surface area contributed by atoms with Gasteiger partial charge in [-0.3, -0.25) is 0 Å². The van der Waals surface area contributed by atoms with Crippen LogP contribution in [-0.2, 0) is 16.4 Å². The van der Waals surface area contributed by atoms with Crippen LogP contribution in [0.5, 0.6) is 0 Å². The first kappa shape index (κ1) is 15.0. The molecule has 2 saturated heterocycles. The van der Waals surface area contributed by atoms with E-state index >= 15 is 0 Å². The summed E-state index contributed by atoms with van der Waals surface area (Å²) in [4.78, 5) is 0. The number of aryl methyl sites for hydroxylation is 1. The molecule has 0 bridgehead atoms. The minimum atomic E-state index is -3.12. The average molecular weight is 308 g/mol. The van der Waals surface area contributed by atoms with Crippen molar-refractivity contribution in [3.05, 3.63) is 35.9 Å². The molecule has 0 atom stereocenters. The number of hydrogen-bond donors (Lipinski definition) is 1. The number of nitrogens with one attached hydrogen (secondary N) is 1. The first-order valence-corrected chi connectivity index (χ1v) is 9.43. The first-order chi connectivity index (χ1) is 10.1. The Morgan fingerprint density at radius 3 is 2.52 bits per heavy atom. The first-order valence-electron chi connectivity index (χ1n) is 7.82. The zero-order valence-electron chi connectivity index (χ0n) is 12.4. The molecule has 4 nitrogen and oxygen atoms in total. The van der Waals surface area contributed by atoms with Gasteiger partial charge < -0.3 is 5.32 Å². The van der Waals surface area contributed by atoms with Crippen molar-refractivity contribution in [1.29, 1.82) is 0 Å². The lowest BCUT2D eigenvalue weighted by atomic mass is 9.78. The van der Waals surface area contributed by atoms with Crippen molar-refractivity contribution >= 4 is 10.0 Å². The molecule has 1 spiro atoms. The van der Waals surface area contributed by atoms with Crippen LogP contribution in [0.15, 0.2) is 30.3 Å². The predicted molar refractivity (Wildman–Crippen MR) is 84.7 cm³/mol. The molecule has 1 N–H and O–H groups in total. The van der Waals surface area contributed by atoms with Crippen LogP contribution >= 0.6 is 0 Å². The SMILES string of the molecule is O=S(=O)(CCc1ccccc1)N1CCC2(CCNCC2)C1. The third kappa shape index (κ3) is 3.47. The fraction of sp³-hybridized carbons (Fsp3) is 0.625. The fourth-order valence-electron chi connectivity index (χ4n) is 3.52. The Kier molecular flexibility index (Phi) is 4.33. The van der Waals surface area contributed by atoms with Crippen LogP contribution in [0.2, 0.25) is 0 Å². The van der Waals surface area contributed by atoms with Crippen molar-refractivity contribution in [2.24, 2.45) is 5.41 Å². The second kappa shape index (κ2) is 6.07. The lowest BCUT2D eigenvalue weighted by molar-refractivity contribution is 0.218. The van der Waals surface area contributed by atoms with Gasteiger partial charge in [0.1, 0.15) is 0 Å². The molecule has 0 unspecified atom stereocenters. The molecular weight excluding hydrogens is 284 g/mol. The maximum absolute atomic E-state index is 12.5. The molecule has 0 amide bonds. The number of nitrogens with zero attached hydrogens (tertiary/aromatic N) is 1. The monoisotopic (exact) mass is 308 g/mol. The molecule has 2 aliphatic rings. The average Bonchev–Trinajstić information content (AvgIpc) is 2.92. The summed E-state index contributed by atoms with van der Waals surface area (Å²) in [5.74, 6) is 0.228. The zero-order valence-corrected chi connectivity index (χ0v) is 13.2. The van der Waals surface area contributed by atoms with E-state index < -0.39 is 10.0 Å². The van der Waals surface area contributed by atoms with Gasteiger partial charge in [0.25, 0.3) is 0 Å². The maximum atomic E-state index is 12.5. The highest BCUT2D eigenvalue weighted by molar-refractivity contribution is 7.89. The Labute approximate surface area is 127 Å². The molecular formula is C16H24N2O2S. The standard InChI is InChI=1S/C16H24N2O2S/c19-21(20,13-6-15-4-2-1-3-5-15)18-12-9-16(14-18)7-10-17-11-8-16/h1-5,17H,6-14H2. The van der Waals surface area contributed by atoms with Crippen LogP contribution in [0.4, 0.5) is 0 Å². The molecule has 116 valence electrons. The Bertz CT molecular complexity index is 565. The van der Waals surface area contributed by atoms with Crippen molar-refractivity contribution in [3.63, 3.8) is 0 Å². The molecule has 0 aliphatic carbocycles. The Morgan fingerprint density at radius 1 is 1.10 bits per heavy atom. The van der Waals surface area contributed by atoms with Crippen LogP contribution in [0.25, 0.3) is 0 Å². The van der Waals surface area contributed by atoms with Gasteiger partial charge in [0.15, 0.2) is 0 Å². The maximum Gasteiger partial charge on any atom is 0.214 e. The third-order valence-corrected chi connectivity index (χ3v) is 6.77. The second-order valence-electron chi connectivity index (χ2n) is 6.39. The van der Waals surface area contributed by atoms with Crippen molar-refractivity contribution in [1.82, 2.24) is 9.62 Å². The molecule has 0 saturated carbocycles. The van der Waals surface area contributed by atoms with Crippen LogP contribution in [-0.4, -0.2) is 44.7 Å². The van der Waals surface area contributed by atoms with Gasteiger partial charge >= 0.3 is 0 Å². The van der Waals surface area contributed by atoms with Gasteiger partial charge in [-0.1, -0.05) is 30.3 Å². The van der Waals surface area contributed by atoms with Gasteiger partial charge in [-0.15, -0.1) is 0 Å². The van der Waals surface area contributed by atoms with Crippen molar-refractivity contribution in [2.75, 3.05) is 31.9 Å². The van der Waals surface area contributed by atoms with Gasteiger partial charge in [0, 0.05) is 13.1 Å². The largest absolute Gasteiger partial charge is 0.317 e. The highest BCUT2D eigenvalue weighted by atomic mass is 32.2. The Balaban J connectivity index is 1.60.